The Hall–Kier alpha value is -3.53. The highest BCUT2D eigenvalue weighted by Crippen LogP contribution is 2.47. The summed E-state index contributed by atoms with van der Waals surface area (Å²) >= 11 is 0. The van der Waals surface area contributed by atoms with Crippen molar-refractivity contribution >= 4 is 22.6 Å². The van der Waals surface area contributed by atoms with E-state index in [2.05, 4.69) is 4.98 Å². The number of β-amino-alcohol motifs (C(OH)–C–C–N with tert-alkyl or cyclic N) is 1. The molecule has 2 unspecified atom stereocenters. The molecule has 0 spiro atoms. The smallest absolute Gasteiger partial charge is 0.244 e. The van der Waals surface area contributed by atoms with E-state index >= 15 is 0 Å². The van der Waals surface area contributed by atoms with Gasteiger partial charge in [0.2, 0.25) is 18.9 Å². The molecule has 9 heteroatoms. The van der Waals surface area contributed by atoms with Crippen molar-refractivity contribution < 1.29 is 29.2 Å². The maximum Gasteiger partial charge on any atom is 0.244 e. The summed E-state index contributed by atoms with van der Waals surface area (Å²) in [6.07, 6.45) is -0.0563. The Kier molecular flexibility index (Phi) is 4.35. The average Bonchev–Trinajstić information content (AvgIpc) is 3.53. The molecule has 3 N–H and O–H groups in total. The van der Waals surface area contributed by atoms with Crippen LogP contribution in [0, 0.1) is 0 Å². The lowest BCUT2D eigenvalue weighted by Crippen LogP contribution is -2.54. The Labute approximate surface area is 183 Å². The zero-order valence-electron chi connectivity index (χ0n) is 17.0. The maximum absolute atomic E-state index is 13.2. The Morgan fingerprint density at radius 3 is 2.84 bits per heavy atom. The molecule has 3 aromatic rings. The van der Waals surface area contributed by atoms with Crippen molar-refractivity contribution in [1.29, 1.82) is 0 Å². The first kappa shape index (κ1) is 19.2. The van der Waals surface area contributed by atoms with Crippen LogP contribution >= 0.6 is 0 Å². The van der Waals surface area contributed by atoms with Gasteiger partial charge in [-0.3, -0.25) is 14.6 Å². The fraction of sp³-hybridized carbons (Fsp3) is 0.261. The SMILES string of the molecule is O=C1CN(CCO)C(O)C2=C(c3c[nH]c4ccccc34)OC(c3ccc4c(c3)OCO4)N12. The number of aliphatic hydroxyl groups excluding tert-OH is 2. The highest BCUT2D eigenvalue weighted by molar-refractivity contribution is 5.94. The highest BCUT2D eigenvalue weighted by atomic mass is 16.7. The van der Waals surface area contributed by atoms with Crippen LogP contribution in [0.4, 0.5) is 0 Å². The Balaban J connectivity index is 1.49. The minimum Gasteiger partial charge on any atom is -0.463 e. The molecule has 2 aromatic carbocycles. The third-order valence-electron chi connectivity index (χ3n) is 6.06. The van der Waals surface area contributed by atoms with Gasteiger partial charge >= 0.3 is 0 Å². The van der Waals surface area contributed by atoms with Gasteiger partial charge in [-0.25, -0.2) is 0 Å². The van der Waals surface area contributed by atoms with E-state index in [4.69, 9.17) is 14.2 Å². The zero-order valence-corrected chi connectivity index (χ0v) is 17.0. The second kappa shape index (κ2) is 7.27. The van der Waals surface area contributed by atoms with Crippen LogP contribution in [0.15, 0.2) is 54.4 Å². The lowest BCUT2D eigenvalue weighted by Gasteiger charge is -2.38. The molecule has 0 saturated carbocycles. The standard InChI is InChI=1S/C23H21N3O6/c27-8-7-25-11-19(28)26-20(22(25)29)21(15-10-24-16-4-2-1-3-14(15)16)32-23(26)13-5-6-17-18(9-13)31-12-30-17/h1-6,9-10,22-24,27,29H,7-8,11-12H2. The van der Waals surface area contributed by atoms with Crippen LogP contribution in [0.3, 0.4) is 0 Å². The number of amides is 1. The van der Waals surface area contributed by atoms with Crippen LogP contribution in [0.5, 0.6) is 11.5 Å². The molecule has 1 saturated heterocycles. The normalized spacial score (nSPS) is 22.6. The molecule has 1 fully saturated rings. The quantitative estimate of drug-likeness (QED) is 0.573. The van der Waals surface area contributed by atoms with Gasteiger partial charge in [0.1, 0.15) is 5.70 Å². The van der Waals surface area contributed by atoms with Gasteiger partial charge in [-0.15, -0.1) is 0 Å². The molecule has 6 rings (SSSR count). The van der Waals surface area contributed by atoms with Crippen LogP contribution in [0.1, 0.15) is 17.4 Å². The van der Waals surface area contributed by atoms with Crippen molar-refractivity contribution in [3.8, 4) is 11.5 Å². The third kappa shape index (κ3) is 2.79. The molecule has 0 bridgehead atoms. The van der Waals surface area contributed by atoms with E-state index in [0.29, 0.717) is 28.5 Å². The van der Waals surface area contributed by atoms with Crippen LogP contribution in [-0.2, 0) is 9.53 Å². The second-order valence-corrected chi connectivity index (χ2v) is 7.88. The summed E-state index contributed by atoms with van der Waals surface area (Å²) in [5.74, 6) is 1.42. The molecule has 2 atom stereocenters. The van der Waals surface area contributed by atoms with Gasteiger partial charge in [0.15, 0.2) is 23.5 Å². The monoisotopic (exact) mass is 435 g/mol. The van der Waals surface area contributed by atoms with E-state index < -0.39 is 12.5 Å². The fourth-order valence-electron chi connectivity index (χ4n) is 4.55. The summed E-state index contributed by atoms with van der Waals surface area (Å²) in [7, 11) is 0. The minimum atomic E-state index is -1.11. The van der Waals surface area contributed by atoms with Gasteiger partial charge in [-0.1, -0.05) is 18.2 Å². The lowest BCUT2D eigenvalue weighted by atomic mass is 10.1. The van der Waals surface area contributed by atoms with Gasteiger partial charge in [-0.05, 0) is 24.3 Å². The molecule has 164 valence electrons. The van der Waals surface area contributed by atoms with Crippen molar-refractivity contribution in [3.63, 3.8) is 0 Å². The van der Waals surface area contributed by atoms with Gasteiger partial charge in [0, 0.05) is 34.8 Å². The number of carbonyl (C=O) groups excluding carboxylic acids is 1. The van der Waals surface area contributed by atoms with E-state index in [0.717, 1.165) is 16.5 Å². The van der Waals surface area contributed by atoms with Gasteiger partial charge < -0.3 is 29.4 Å². The number of piperazine rings is 1. The van der Waals surface area contributed by atoms with E-state index in [9.17, 15) is 15.0 Å². The largest absolute Gasteiger partial charge is 0.463 e. The molecule has 1 aromatic heterocycles. The highest BCUT2D eigenvalue weighted by Gasteiger charge is 2.48. The number of ether oxygens (including phenoxy) is 3. The molecule has 0 radical (unpaired) electrons. The molecule has 9 nitrogen and oxygen atoms in total. The number of rotatable bonds is 4. The Bertz CT molecular complexity index is 1250. The number of aliphatic hydroxyl groups is 2. The molecule has 0 aliphatic carbocycles. The number of fused-ring (bicyclic) bond motifs is 3. The average molecular weight is 435 g/mol. The molecule has 1 amide bonds. The van der Waals surface area contributed by atoms with Gasteiger partial charge in [0.05, 0.1) is 13.2 Å². The summed E-state index contributed by atoms with van der Waals surface area (Å²) in [5, 5.41) is 21.5. The van der Waals surface area contributed by atoms with Crippen molar-refractivity contribution in [3.05, 3.63) is 65.5 Å². The summed E-state index contributed by atoms with van der Waals surface area (Å²) in [4.78, 5) is 19.5. The number of hydrogen-bond donors (Lipinski definition) is 3. The van der Waals surface area contributed by atoms with Gasteiger partial charge in [-0.2, -0.15) is 0 Å². The number of carbonyl (C=O) groups is 1. The summed E-state index contributed by atoms with van der Waals surface area (Å²) in [6.45, 7) is 0.106. The number of benzene rings is 2. The number of para-hydroxylation sites is 1. The van der Waals surface area contributed by atoms with E-state index in [1.54, 1.807) is 12.1 Å². The molecular weight excluding hydrogens is 414 g/mol. The van der Waals surface area contributed by atoms with Crippen LogP contribution in [0.25, 0.3) is 16.7 Å². The molecule has 3 aliphatic rings. The van der Waals surface area contributed by atoms with Crippen LogP contribution in [-0.4, -0.2) is 63.6 Å². The van der Waals surface area contributed by atoms with E-state index in [1.165, 1.54) is 9.80 Å². The number of H-pyrrole nitrogens is 1. The molecule has 4 heterocycles. The van der Waals surface area contributed by atoms with Gasteiger partial charge in [0.25, 0.3) is 0 Å². The maximum atomic E-state index is 13.2. The third-order valence-corrected chi connectivity index (χ3v) is 6.06. The Morgan fingerprint density at radius 2 is 1.97 bits per heavy atom. The van der Waals surface area contributed by atoms with Crippen molar-refractivity contribution in [2.45, 2.75) is 12.5 Å². The predicted molar refractivity (Wildman–Crippen MR) is 113 cm³/mol. The van der Waals surface area contributed by atoms with Crippen molar-refractivity contribution in [2.24, 2.45) is 0 Å². The topological polar surface area (TPSA) is 107 Å². The predicted octanol–water partition coefficient (Wildman–Crippen LogP) is 1.75. The molecule has 3 aliphatic heterocycles. The first-order valence-corrected chi connectivity index (χ1v) is 10.4. The van der Waals surface area contributed by atoms with Crippen LogP contribution in [0.2, 0.25) is 0 Å². The number of nitrogens with zero attached hydrogens (tertiary/aromatic N) is 2. The molecular formula is C23H21N3O6. The number of aromatic amines is 1. The first-order valence-electron chi connectivity index (χ1n) is 10.4. The van der Waals surface area contributed by atoms with Crippen molar-refractivity contribution in [2.75, 3.05) is 26.5 Å². The van der Waals surface area contributed by atoms with E-state index in [-0.39, 0.29) is 32.4 Å². The second-order valence-electron chi connectivity index (χ2n) is 7.88. The Morgan fingerprint density at radius 1 is 1.12 bits per heavy atom. The summed E-state index contributed by atoms with van der Waals surface area (Å²) < 4.78 is 17.3. The fourth-order valence-corrected chi connectivity index (χ4v) is 4.55. The van der Waals surface area contributed by atoms with E-state index in [1.807, 2.05) is 36.5 Å². The summed E-state index contributed by atoms with van der Waals surface area (Å²) in [6, 6.07) is 13.2. The molecule has 32 heavy (non-hydrogen) atoms. The van der Waals surface area contributed by atoms with Crippen molar-refractivity contribution in [1.82, 2.24) is 14.8 Å². The lowest BCUT2D eigenvalue weighted by molar-refractivity contribution is -0.148. The number of aromatic nitrogens is 1. The number of nitrogens with one attached hydrogen (secondary N) is 1. The van der Waals surface area contributed by atoms with Crippen LogP contribution < -0.4 is 9.47 Å². The summed E-state index contributed by atoms with van der Waals surface area (Å²) in [5.41, 5.74) is 2.74. The number of hydrogen-bond acceptors (Lipinski definition) is 7. The minimum absolute atomic E-state index is 0.0309. The first-order chi connectivity index (χ1) is 15.7. The zero-order chi connectivity index (χ0) is 21.8.